The summed E-state index contributed by atoms with van der Waals surface area (Å²) in [6.45, 7) is 5.97. The van der Waals surface area contributed by atoms with Gasteiger partial charge in [0, 0.05) is 18.8 Å². The Morgan fingerprint density at radius 3 is 2.63 bits per heavy atom. The maximum absolute atomic E-state index is 12.2. The maximum atomic E-state index is 12.2. The highest BCUT2D eigenvalue weighted by molar-refractivity contribution is 5.83. The van der Waals surface area contributed by atoms with E-state index < -0.39 is 5.60 Å². The topological polar surface area (TPSA) is 63.6 Å². The SMILES string of the molecule is COC(=O)CCCCCC[C@H]1C(=O)CC[C@@H]1C=CC(C)(O)CCC=C(C)C. The first-order chi connectivity index (χ1) is 12.7. The molecule has 1 N–H and O–H groups in total. The summed E-state index contributed by atoms with van der Waals surface area (Å²) in [4.78, 5) is 23.3. The molecular weight excluding hydrogens is 340 g/mol. The van der Waals surface area contributed by atoms with Crippen molar-refractivity contribution in [1.29, 1.82) is 0 Å². The van der Waals surface area contributed by atoms with Crippen molar-refractivity contribution >= 4 is 11.8 Å². The van der Waals surface area contributed by atoms with E-state index in [2.05, 4.69) is 30.7 Å². The molecule has 1 unspecified atom stereocenters. The van der Waals surface area contributed by atoms with Crippen molar-refractivity contribution in [1.82, 2.24) is 0 Å². The highest BCUT2D eigenvalue weighted by atomic mass is 16.5. The Balaban J connectivity index is 2.40. The number of unbranched alkanes of at least 4 members (excludes halogenated alkanes) is 3. The smallest absolute Gasteiger partial charge is 0.305 e. The Hall–Kier alpha value is -1.42. The number of hydrogen-bond donors (Lipinski definition) is 1. The molecule has 0 heterocycles. The van der Waals surface area contributed by atoms with Crippen molar-refractivity contribution < 1.29 is 19.4 Å². The van der Waals surface area contributed by atoms with Gasteiger partial charge in [0.1, 0.15) is 5.78 Å². The Bertz CT molecular complexity index is 526. The third kappa shape index (κ3) is 9.90. The molecule has 0 radical (unpaired) electrons. The summed E-state index contributed by atoms with van der Waals surface area (Å²) in [5.74, 6) is 0.559. The molecule has 0 amide bonds. The van der Waals surface area contributed by atoms with Gasteiger partial charge < -0.3 is 9.84 Å². The Kier molecular flexibility index (Phi) is 10.6. The molecule has 3 atom stereocenters. The van der Waals surface area contributed by atoms with Crippen LogP contribution in [0.1, 0.15) is 85.0 Å². The van der Waals surface area contributed by atoms with Gasteiger partial charge >= 0.3 is 5.97 Å². The predicted molar refractivity (Wildman–Crippen MR) is 109 cm³/mol. The summed E-state index contributed by atoms with van der Waals surface area (Å²) in [6.07, 6.45) is 14.5. The fraction of sp³-hybridized carbons (Fsp3) is 0.739. The average Bonchev–Trinajstić information content (AvgIpc) is 2.95. The number of ketones is 1. The molecular formula is C23H38O4. The van der Waals surface area contributed by atoms with E-state index >= 15 is 0 Å². The summed E-state index contributed by atoms with van der Waals surface area (Å²) in [6, 6.07) is 0. The van der Waals surface area contributed by atoms with Crippen LogP contribution in [0.2, 0.25) is 0 Å². The fourth-order valence-electron chi connectivity index (χ4n) is 3.70. The van der Waals surface area contributed by atoms with E-state index in [4.69, 9.17) is 0 Å². The number of allylic oxidation sites excluding steroid dienone is 3. The molecule has 0 aromatic rings. The number of rotatable bonds is 12. The van der Waals surface area contributed by atoms with Crippen LogP contribution in [0.25, 0.3) is 0 Å². The first kappa shape index (κ1) is 23.6. The van der Waals surface area contributed by atoms with Crippen LogP contribution in [0.4, 0.5) is 0 Å². The van der Waals surface area contributed by atoms with Crippen molar-refractivity contribution in [3.05, 3.63) is 23.8 Å². The lowest BCUT2D eigenvalue weighted by atomic mass is 9.88. The van der Waals surface area contributed by atoms with E-state index in [0.29, 0.717) is 25.0 Å². The minimum Gasteiger partial charge on any atom is -0.469 e. The summed E-state index contributed by atoms with van der Waals surface area (Å²) in [5.41, 5.74) is 0.443. The zero-order chi connectivity index (χ0) is 20.3. The summed E-state index contributed by atoms with van der Waals surface area (Å²) in [5, 5.41) is 10.5. The number of carbonyl (C=O) groups is 2. The lowest BCUT2D eigenvalue weighted by Crippen LogP contribution is -2.21. The van der Waals surface area contributed by atoms with Gasteiger partial charge in [0.15, 0.2) is 0 Å². The van der Waals surface area contributed by atoms with Crippen LogP contribution < -0.4 is 0 Å². The monoisotopic (exact) mass is 378 g/mol. The molecule has 1 rings (SSSR count). The van der Waals surface area contributed by atoms with Gasteiger partial charge in [0.25, 0.3) is 0 Å². The second-order valence-corrected chi connectivity index (χ2v) is 8.34. The predicted octanol–water partition coefficient (Wildman–Crippen LogP) is 5.15. The van der Waals surface area contributed by atoms with Gasteiger partial charge in [-0.05, 0) is 58.8 Å². The van der Waals surface area contributed by atoms with Crippen molar-refractivity contribution in [2.75, 3.05) is 7.11 Å². The normalized spacial score (nSPS) is 22.0. The number of Topliss-reactive ketones (excluding diaryl/α,β-unsaturated/α-hetero) is 1. The molecule has 0 saturated heterocycles. The molecule has 1 aliphatic rings. The Morgan fingerprint density at radius 1 is 1.26 bits per heavy atom. The van der Waals surface area contributed by atoms with E-state index in [1.54, 1.807) is 0 Å². The van der Waals surface area contributed by atoms with Crippen LogP contribution in [0.5, 0.6) is 0 Å². The molecule has 1 fully saturated rings. The zero-order valence-electron chi connectivity index (χ0n) is 17.6. The number of esters is 1. The van der Waals surface area contributed by atoms with Crippen LogP contribution >= 0.6 is 0 Å². The van der Waals surface area contributed by atoms with Crippen LogP contribution in [0.15, 0.2) is 23.8 Å². The van der Waals surface area contributed by atoms with Crippen LogP contribution in [0.3, 0.4) is 0 Å². The van der Waals surface area contributed by atoms with E-state index in [1.165, 1.54) is 12.7 Å². The standard InChI is InChI=1S/C23H38O4/c1-18(2)10-9-16-23(3,26)17-15-19-13-14-21(24)20(19)11-7-5-6-8-12-22(25)27-4/h10,15,17,19-20,26H,5-9,11-14,16H2,1-4H3/t19-,20-,23?/m1/s1. The van der Waals surface area contributed by atoms with E-state index in [1.807, 2.05) is 13.0 Å². The second kappa shape index (κ2) is 12.1. The summed E-state index contributed by atoms with van der Waals surface area (Å²) < 4.78 is 4.64. The lowest BCUT2D eigenvalue weighted by Gasteiger charge is -2.20. The largest absolute Gasteiger partial charge is 0.469 e. The molecule has 154 valence electrons. The Morgan fingerprint density at radius 2 is 1.96 bits per heavy atom. The van der Waals surface area contributed by atoms with Gasteiger partial charge in [-0.1, -0.05) is 43.1 Å². The van der Waals surface area contributed by atoms with Gasteiger partial charge in [-0.2, -0.15) is 0 Å². The van der Waals surface area contributed by atoms with E-state index in [-0.39, 0.29) is 17.8 Å². The number of ether oxygens (including phenoxy) is 1. The van der Waals surface area contributed by atoms with Gasteiger partial charge in [0.05, 0.1) is 12.7 Å². The summed E-state index contributed by atoms with van der Waals surface area (Å²) in [7, 11) is 1.42. The number of methoxy groups -OCH3 is 1. The van der Waals surface area contributed by atoms with Gasteiger partial charge in [-0.3, -0.25) is 9.59 Å². The lowest BCUT2D eigenvalue weighted by molar-refractivity contribution is -0.140. The number of aliphatic hydroxyl groups is 1. The van der Waals surface area contributed by atoms with Gasteiger partial charge in [-0.15, -0.1) is 0 Å². The number of carbonyl (C=O) groups excluding carboxylic acids is 2. The highest BCUT2D eigenvalue weighted by Crippen LogP contribution is 2.34. The fourth-order valence-corrected chi connectivity index (χ4v) is 3.70. The molecule has 4 nitrogen and oxygen atoms in total. The molecule has 0 bridgehead atoms. The molecule has 1 aliphatic carbocycles. The molecule has 0 aliphatic heterocycles. The highest BCUT2D eigenvalue weighted by Gasteiger charge is 2.32. The van der Waals surface area contributed by atoms with Crippen molar-refractivity contribution in [2.45, 2.75) is 90.6 Å². The third-order valence-electron chi connectivity index (χ3n) is 5.43. The van der Waals surface area contributed by atoms with E-state index in [0.717, 1.165) is 44.9 Å². The number of hydrogen-bond acceptors (Lipinski definition) is 4. The van der Waals surface area contributed by atoms with Gasteiger partial charge in [-0.25, -0.2) is 0 Å². The van der Waals surface area contributed by atoms with Crippen LogP contribution in [-0.2, 0) is 14.3 Å². The maximum Gasteiger partial charge on any atom is 0.305 e. The van der Waals surface area contributed by atoms with E-state index in [9.17, 15) is 14.7 Å². The molecule has 1 saturated carbocycles. The zero-order valence-corrected chi connectivity index (χ0v) is 17.6. The molecule has 0 aromatic heterocycles. The molecule has 4 heteroatoms. The first-order valence-electron chi connectivity index (χ1n) is 10.4. The minimum absolute atomic E-state index is 0.0930. The van der Waals surface area contributed by atoms with Gasteiger partial charge in [0.2, 0.25) is 0 Å². The minimum atomic E-state index is -0.823. The molecule has 0 spiro atoms. The average molecular weight is 379 g/mol. The molecule has 0 aromatic carbocycles. The summed E-state index contributed by atoms with van der Waals surface area (Å²) >= 11 is 0. The molecule has 27 heavy (non-hydrogen) atoms. The van der Waals surface area contributed by atoms with Crippen molar-refractivity contribution in [2.24, 2.45) is 11.8 Å². The van der Waals surface area contributed by atoms with Crippen molar-refractivity contribution in [3.63, 3.8) is 0 Å². The first-order valence-corrected chi connectivity index (χ1v) is 10.4. The second-order valence-electron chi connectivity index (χ2n) is 8.34. The third-order valence-corrected chi connectivity index (χ3v) is 5.43. The Labute approximate surface area is 165 Å². The van der Waals surface area contributed by atoms with Crippen molar-refractivity contribution in [3.8, 4) is 0 Å². The quantitative estimate of drug-likeness (QED) is 0.290. The van der Waals surface area contributed by atoms with Crippen LogP contribution in [0, 0.1) is 11.8 Å². The van der Waals surface area contributed by atoms with Crippen LogP contribution in [-0.4, -0.2) is 29.6 Å².